The Morgan fingerprint density at radius 1 is 1.26 bits per heavy atom. The van der Waals surface area contributed by atoms with Crippen LogP contribution in [-0.4, -0.2) is 35.0 Å². The fraction of sp³-hybridized carbons (Fsp3) is 0.867. The van der Waals surface area contributed by atoms with E-state index < -0.39 is 11.4 Å². The van der Waals surface area contributed by atoms with Crippen LogP contribution in [0.15, 0.2) is 0 Å². The molecule has 106 valence electrons. The van der Waals surface area contributed by atoms with E-state index >= 15 is 0 Å². The van der Waals surface area contributed by atoms with Gasteiger partial charge in [-0.05, 0) is 43.9 Å². The number of aliphatic carboxylic acids is 1. The van der Waals surface area contributed by atoms with Crippen molar-refractivity contribution in [2.24, 2.45) is 23.2 Å². The Morgan fingerprint density at radius 3 is 2.53 bits per heavy atom. The molecule has 1 heterocycles. The number of carboxylic acid groups (broad SMARTS) is 1. The van der Waals surface area contributed by atoms with Gasteiger partial charge in [0.05, 0.1) is 5.41 Å². The van der Waals surface area contributed by atoms with Gasteiger partial charge in [-0.3, -0.25) is 9.59 Å². The predicted octanol–water partition coefficient (Wildman–Crippen LogP) is 2.14. The van der Waals surface area contributed by atoms with Gasteiger partial charge in [-0.1, -0.05) is 13.3 Å². The number of carboxylic acids is 1. The Labute approximate surface area is 114 Å². The second kappa shape index (κ2) is 4.50. The second-order valence-electron chi connectivity index (χ2n) is 6.77. The number of hydrogen-bond donors (Lipinski definition) is 1. The minimum Gasteiger partial charge on any atom is -0.481 e. The molecule has 0 spiro atoms. The van der Waals surface area contributed by atoms with Gasteiger partial charge in [0.15, 0.2) is 0 Å². The van der Waals surface area contributed by atoms with E-state index in [1.54, 1.807) is 0 Å². The highest BCUT2D eigenvalue weighted by Crippen LogP contribution is 2.55. The highest BCUT2D eigenvalue weighted by molar-refractivity contribution is 5.82. The third-order valence-corrected chi connectivity index (χ3v) is 5.44. The van der Waals surface area contributed by atoms with Crippen LogP contribution in [0.5, 0.6) is 0 Å². The Bertz CT molecular complexity index is 398. The zero-order valence-corrected chi connectivity index (χ0v) is 11.6. The van der Waals surface area contributed by atoms with E-state index in [0.29, 0.717) is 25.9 Å². The smallest absolute Gasteiger partial charge is 0.311 e. The van der Waals surface area contributed by atoms with Crippen molar-refractivity contribution in [3.05, 3.63) is 0 Å². The van der Waals surface area contributed by atoms with E-state index in [4.69, 9.17) is 0 Å². The molecule has 1 saturated heterocycles. The number of amides is 1. The summed E-state index contributed by atoms with van der Waals surface area (Å²) in [5.41, 5.74) is -0.675. The molecular formula is C15H23NO3. The minimum atomic E-state index is -0.723. The van der Waals surface area contributed by atoms with Crippen LogP contribution in [0.25, 0.3) is 0 Å². The maximum Gasteiger partial charge on any atom is 0.311 e. The quantitative estimate of drug-likeness (QED) is 0.847. The molecule has 2 saturated carbocycles. The molecule has 3 rings (SSSR count). The first-order valence-corrected chi connectivity index (χ1v) is 7.58. The topological polar surface area (TPSA) is 57.6 Å². The number of nitrogens with zero attached hydrogens (tertiary/aromatic N) is 1. The molecule has 4 nitrogen and oxygen atoms in total. The number of rotatable bonds is 4. The summed E-state index contributed by atoms with van der Waals surface area (Å²) in [4.78, 5) is 25.8. The normalized spacial score (nSPS) is 40.3. The Hall–Kier alpha value is -1.06. The van der Waals surface area contributed by atoms with Crippen LogP contribution < -0.4 is 0 Å². The second-order valence-corrected chi connectivity index (χ2v) is 6.77. The van der Waals surface area contributed by atoms with Crippen LogP contribution in [0.3, 0.4) is 0 Å². The Morgan fingerprint density at radius 2 is 1.95 bits per heavy atom. The van der Waals surface area contributed by atoms with Crippen LogP contribution in [0.1, 0.15) is 45.4 Å². The van der Waals surface area contributed by atoms with Crippen molar-refractivity contribution in [2.45, 2.75) is 45.4 Å². The van der Waals surface area contributed by atoms with E-state index in [1.165, 1.54) is 6.42 Å². The van der Waals surface area contributed by atoms with Crippen LogP contribution in [-0.2, 0) is 9.59 Å². The molecule has 0 aromatic heterocycles. The lowest BCUT2D eigenvalue weighted by molar-refractivity contribution is -0.149. The molecule has 0 aromatic rings. The average Bonchev–Trinajstić information content (AvgIpc) is 2.82. The van der Waals surface area contributed by atoms with E-state index in [2.05, 4.69) is 0 Å². The molecule has 1 aliphatic heterocycles. The van der Waals surface area contributed by atoms with Crippen molar-refractivity contribution >= 4 is 11.9 Å². The lowest BCUT2D eigenvalue weighted by Gasteiger charge is -2.26. The van der Waals surface area contributed by atoms with Gasteiger partial charge < -0.3 is 10.0 Å². The first kappa shape index (κ1) is 12.9. The summed E-state index contributed by atoms with van der Waals surface area (Å²) < 4.78 is 0. The summed E-state index contributed by atoms with van der Waals surface area (Å²) in [5.74, 6) is 1.30. The summed E-state index contributed by atoms with van der Waals surface area (Å²) in [7, 11) is 0. The van der Waals surface area contributed by atoms with Crippen LogP contribution in [0.4, 0.5) is 0 Å². The third-order valence-electron chi connectivity index (χ3n) is 5.44. The molecule has 2 aliphatic carbocycles. The zero-order valence-electron chi connectivity index (χ0n) is 11.6. The molecule has 3 aliphatic rings. The van der Waals surface area contributed by atoms with Crippen molar-refractivity contribution in [3.8, 4) is 0 Å². The fourth-order valence-corrected chi connectivity index (χ4v) is 4.20. The van der Waals surface area contributed by atoms with Gasteiger partial charge in [0.2, 0.25) is 5.91 Å². The standard InChI is InChI=1S/C15H23NO3/c1-2-3-15(14(18)19)4-5-16(9-15)13(17)12-7-10-6-11(10)8-12/h10-12H,2-9H2,1H3,(H,18,19). The number of likely N-dealkylation sites (tertiary alicyclic amines) is 1. The zero-order chi connectivity index (χ0) is 13.6. The molecular weight excluding hydrogens is 242 g/mol. The molecule has 3 fully saturated rings. The number of carbonyl (C=O) groups excluding carboxylic acids is 1. The minimum absolute atomic E-state index is 0.190. The summed E-state index contributed by atoms with van der Waals surface area (Å²) in [6.07, 6.45) is 5.59. The van der Waals surface area contributed by atoms with Crippen molar-refractivity contribution < 1.29 is 14.7 Å². The van der Waals surface area contributed by atoms with E-state index in [9.17, 15) is 14.7 Å². The van der Waals surface area contributed by atoms with Crippen molar-refractivity contribution in [2.75, 3.05) is 13.1 Å². The molecule has 4 heteroatoms. The van der Waals surface area contributed by atoms with Gasteiger partial charge in [-0.25, -0.2) is 0 Å². The molecule has 0 aromatic carbocycles. The number of hydrogen-bond acceptors (Lipinski definition) is 2. The lowest BCUT2D eigenvalue weighted by atomic mass is 9.83. The predicted molar refractivity (Wildman–Crippen MR) is 70.5 cm³/mol. The monoisotopic (exact) mass is 265 g/mol. The SMILES string of the molecule is CCCC1(C(=O)O)CCN(C(=O)C2CC3CC3C2)C1. The van der Waals surface area contributed by atoms with Gasteiger partial charge in [0.25, 0.3) is 0 Å². The number of fused-ring (bicyclic) bond motifs is 1. The van der Waals surface area contributed by atoms with Crippen LogP contribution in [0.2, 0.25) is 0 Å². The highest BCUT2D eigenvalue weighted by atomic mass is 16.4. The maximum absolute atomic E-state index is 12.5. The van der Waals surface area contributed by atoms with Crippen LogP contribution in [0, 0.1) is 23.2 Å². The van der Waals surface area contributed by atoms with Gasteiger partial charge in [0, 0.05) is 19.0 Å². The Balaban J connectivity index is 1.64. The highest BCUT2D eigenvalue weighted by Gasteiger charge is 2.51. The molecule has 3 atom stereocenters. The molecule has 1 amide bonds. The van der Waals surface area contributed by atoms with Gasteiger partial charge in [-0.2, -0.15) is 0 Å². The summed E-state index contributed by atoms with van der Waals surface area (Å²) in [6, 6.07) is 0. The third kappa shape index (κ3) is 2.15. The molecule has 1 N–H and O–H groups in total. The number of carbonyl (C=O) groups is 2. The van der Waals surface area contributed by atoms with Gasteiger partial charge >= 0.3 is 5.97 Å². The van der Waals surface area contributed by atoms with E-state index in [-0.39, 0.29) is 11.8 Å². The lowest BCUT2D eigenvalue weighted by Crippen LogP contribution is -2.39. The summed E-state index contributed by atoms with van der Waals surface area (Å²) in [5, 5.41) is 9.47. The first-order valence-electron chi connectivity index (χ1n) is 7.58. The van der Waals surface area contributed by atoms with Crippen molar-refractivity contribution in [1.82, 2.24) is 4.90 Å². The Kier molecular flexibility index (Phi) is 3.06. The van der Waals surface area contributed by atoms with Crippen molar-refractivity contribution in [3.63, 3.8) is 0 Å². The maximum atomic E-state index is 12.5. The molecule has 3 unspecified atom stereocenters. The first-order chi connectivity index (χ1) is 9.05. The van der Waals surface area contributed by atoms with Gasteiger partial charge in [-0.15, -0.1) is 0 Å². The average molecular weight is 265 g/mol. The summed E-state index contributed by atoms with van der Waals surface area (Å²) >= 11 is 0. The fourth-order valence-electron chi connectivity index (χ4n) is 4.20. The molecule has 0 bridgehead atoms. The largest absolute Gasteiger partial charge is 0.481 e. The summed E-state index contributed by atoms with van der Waals surface area (Å²) in [6.45, 7) is 3.08. The van der Waals surface area contributed by atoms with E-state index in [0.717, 1.165) is 31.1 Å². The van der Waals surface area contributed by atoms with E-state index in [1.807, 2.05) is 11.8 Å². The van der Waals surface area contributed by atoms with Crippen LogP contribution >= 0.6 is 0 Å². The molecule has 19 heavy (non-hydrogen) atoms. The van der Waals surface area contributed by atoms with Crippen molar-refractivity contribution in [1.29, 1.82) is 0 Å². The van der Waals surface area contributed by atoms with Gasteiger partial charge in [0.1, 0.15) is 0 Å². The molecule has 0 radical (unpaired) electrons.